The normalized spacial score (nSPS) is 10.2. The fraction of sp³-hybridized carbons (Fsp3) is 0.263. The number of rotatable bonds is 10. The van der Waals surface area contributed by atoms with Crippen LogP contribution in [0.3, 0.4) is 0 Å². The lowest BCUT2D eigenvalue weighted by Gasteiger charge is -2.09. The van der Waals surface area contributed by atoms with Crippen LogP contribution in [0.2, 0.25) is 0 Å². The molecule has 0 unspecified atom stereocenters. The van der Waals surface area contributed by atoms with E-state index in [0.29, 0.717) is 31.3 Å². The molecule has 0 radical (unpaired) electrons. The van der Waals surface area contributed by atoms with Gasteiger partial charge in [-0.15, -0.1) is 0 Å². The van der Waals surface area contributed by atoms with Gasteiger partial charge in [0.15, 0.2) is 0 Å². The Kier molecular flexibility index (Phi) is 7.42. The van der Waals surface area contributed by atoms with Crippen molar-refractivity contribution in [3.8, 4) is 11.5 Å². The molecule has 0 aliphatic rings. The van der Waals surface area contributed by atoms with Crippen molar-refractivity contribution < 1.29 is 28.6 Å². The molecule has 0 saturated heterocycles. The van der Waals surface area contributed by atoms with Gasteiger partial charge in [0.05, 0.1) is 6.42 Å². The molecule has 0 aliphatic carbocycles. The third kappa shape index (κ3) is 7.21. The summed E-state index contributed by atoms with van der Waals surface area (Å²) in [5.41, 5.74) is 0.878. The van der Waals surface area contributed by atoms with Gasteiger partial charge in [0.25, 0.3) is 0 Å². The molecule has 0 atom stereocenters. The van der Waals surface area contributed by atoms with Gasteiger partial charge in [-0.25, -0.2) is 4.39 Å². The highest BCUT2D eigenvalue weighted by Crippen LogP contribution is 2.13. The molecule has 0 fully saturated rings. The van der Waals surface area contributed by atoms with Gasteiger partial charge in [0.2, 0.25) is 5.91 Å². The minimum atomic E-state index is -0.995. The second-order valence-corrected chi connectivity index (χ2v) is 5.47. The summed E-state index contributed by atoms with van der Waals surface area (Å²) < 4.78 is 23.7. The van der Waals surface area contributed by atoms with E-state index in [1.807, 2.05) is 12.1 Å². The van der Waals surface area contributed by atoms with Gasteiger partial charge in [-0.05, 0) is 42.0 Å². The molecule has 2 N–H and O–H groups in total. The third-order valence-electron chi connectivity index (χ3n) is 3.41. The number of hydrogen-bond donors (Lipinski definition) is 2. The summed E-state index contributed by atoms with van der Waals surface area (Å²) in [4.78, 5) is 21.9. The Morgan fingerprint density at radius 1 is 0.885 bits per heavy atom. The lowest BCUT2D eigenvalue weighted by molar-refractivity contribution is -0.138. The van der Waals surface area contributed by atoms with Crippen LogP contribution in [-0.4, -0.2) is 30.2 Å². The van der Waals surface area contributed by atoms with E-state index in [1.54, 1.807) is 24.3 Å². The number of carbonyl (C=O) groups excluding carboxylic acids is 1. The molecule has 7 heteroatoms. The molecule has 0 heterocycles. The number of halogens is 1. The first kappa shape index (κ1) is 19.2. The topological polar surface area (TPSA) is 84.9 Å². The van der Waals surface area contributed by atoms with E-state index in [9.17, 15) is 14.0 Å². The Morgan fingerprint density at radius 3 is 1.96 bits per heavy atom. The highest BCUT2D eigenvalue weighted by Gasteiger charge is 2.05. The van der Waals surface area contributed by atoms with Crippen LogP contribution in [0, 0.1) is 5.82 Å². The van der Waals surface area contributed by atoms with Gasteiger partial charge in [-0.1, -0.05) is 12.1 Å². The van der Waals surface area contributed by atoms with Gasteiger partial charge in [-0.2, -0.15) is 0 Å². The number of amides is 1. The first-order valence-electron chi connectivity index (χ1n) is 8.11. The Morgan fingerprint density at radius 2 is 1.42 bits per heavy atom. The smallest absolute Gasteiger partial charge is 0.303 e. The van der Waals surface area contributed by atoms with Crippen molar-refractivity contribution >= 4 is 11.9 Å². The molecule has 0 saturated carbocycles. The molecule has 2 aromatic carbocycles. The zero-order valence-electron chi connectivity index (χ0n) is 14.1. The SMILES string of the molecule is O=C(O)CCC(=O)NCc1ccc(OCCOc2ccc(F)cc2)cc1. The van der Waals surface area contributed by atoms with E-state index in [2.05, 4.69) is 5.32 Å². The summed E-state index contributed by atoms with van der Waals surface area (Å²) in [6, 6.07) is 12.9. The Hall–Kier alpha value is -3.09. The summed E-state index contributed by atoms with van der Waals surface area (Å²) in [6.07, 6.45) is -0.219. The van der Waals surface area contributed by atoms with Crippen LogP contribution in [0.1, 0.15) is 18.4 Å². The van der Waals surface area contributed by atoms with Crippen LogP contribution in [0.15, 0.2) is 48.5 Å². The molecule has 138 valence electrons. The van der Waals surface area contributed by atoms with E-state index in [-0.39, 0.29) is 24.6 Å². The largest absolute Gasteiger partial charge is 0.490 e. The van der Waals surface area contributed by atoms with Gasteiger partial charge in [-0.3, -0.25) is 9.59 Å². The van der Waals surface area contributed by atoms with Crippen LogP contribution in [0.4, 0.5) is 4.39 Å². The summed E-state index contributed by atoms with van der Waals surface area (Å²) in [7, 11) is 0. The molecular weight excluding hydrogens is 341 g/mol. The Labute approximate surface area is 150 Å². The molecule has 2 aromatic rings. The average Bonchev–Trinajstić information content (AvgIpc) is 2.64. The molecular formula is C19H20FNO5. The van der Waals surface area contributed by atoms with Crippen molar-refractivity contribution in [2.45, 2.75) is 19.4 Å². The van der Waals surface area contributed by atoms with Gasteiger partial charge in [0, 0.05) is 13.0 Å². The minimum absolute atomic E-state index is 0.0371. The van der Waals surface area contributed by atoms with Crippen LogP contribution in [0.5, 0.6) is 11.5 Å². The molecule has 0 spiro atoms. The average molecular weight is 361 g/mol. The standard InChI is InChI=1S/C19H20FNO5/c20-15-3-7-17(8-4-15)26-12-11-25-16-5-1-14(2-6-16)13-21-18(22)9-10-19(23)24/h1-8H,9-13H2,(H,21,22)(H,23,24). The quantitative estimate of drug-likeness (QED) is 0.636. The van der Waals surface area contributed by atoms with Crippen molar-refractivity contribution in [2.75, 3.05) is 13.2 Å². The molecule has 0 bridgehead atoms. The number of ether oxygens (including phenoxy) is 2. The maximum absolute atomic E-state index is 12.8. The highest BCUT2D eigenvalue weighted by atomic mass is 19.1. The number of carboxylic acid groups (broad SMARTS) is 1. The number of nitrogens with one attached hydrogen (secondary N) is 1. The fourth-order valence-electron chi connectivity index (χ4n) is 2.06. The highest BCUT2D eigenvalue weighted by molar-refractivity contribution is 5.80. The van der Waals surface area contributed by atoms with Gasteiger partial charge in [0.1, 0.15) is 30.5 Å². The molecule has 26 heavy (non-hydrogen) atoms. The molecule has 0 aliphatic heterocycles. The second kappa shape index (κ2) is 10.0. The van der Waals surface area contributed by atoms with E-state index in [1.165, 1.54) is 12.1 Å². The first-order chi connectivity index (χ1) is 12.5. The van der Waals surface area contributed by atoms with Crippen LogP contribution >= 0.6 is 0 Å². The van der Waals surface area contributed by atoms with Crippen molar-refractivity contribution in [2.24, 2.45) is 0 Å². The molecule has 6 nitrogen and oxygen atoms in total. The Balaban J connectivity index is 1.66. The zero-order chi connectivity index (χ0) is 18.8. The van der Waals surface area contributed by atoms with Gasteiger partial charge >= 0.3 is 5.97 Å². The fourth-order valence-corrected chi connectivity index (χ4v) is 2.06. The number of carboxylic acids is 1. The van der Waals surface area contributed by atoms with Gasteiger partial charge < -0.3 is 19.9 Å². The summed E-state index contributed by atoms with van der Waals surface area (Å²) in [5.74, 6) is -0.375. The maximum atomic E-state index is 12.8. The van der Waals surface area contributed by atoms with E-state index in [4.69, 9.17) is 14.6 Å². The molecule has 2 rings (SSSR count). The number of carbonyl (C=O) groups is 2. The first-order valence-corrected chi connectivity index (χ1v) is 8.11. The lowest BCUT2D eigenvalue weighted by Crippen LogP contribution is -2.23. The van der Waals surface area contributed by atoms with Crippen molar-refractivity contribution in [3.05, 3.63) is 59.9 Å². The zero-order valence-corrected chi connectivity index (χ0v) is 14.1. The lowest BCUT2D eigenvalue weighted by atomic mass is 10.2. The number of hydrogen-bond acceptors (Lipinski definition) is 4. The summed E-state index contributed by atoms with van der Waals surface area (Å²) >= 11 is 0. The van der Waals surface area contributed by atoms with Crippen molar-refractivity contribution in [1.29, 1.82) is 0 Å². The van der Waals surface area contributed by atoms with Crippen molar-refractivity contribution in [1.82, 2.24) is 5.32 Å². The molecule has 0 aromatic heterocycles. The van der Waals surface area contributed by atoms with E-state index < -0.39 is 5.97 Å². The monoisotopic (exact) mass is 361 g/mol. The third-order valence-corrected chi connectivity index (χ3v) is 3.41. The maximum Gasteiger partial charge on any atom is 0.303 e. The van der Waals surface area contributed by atoms with Crippen molar-refractivity contribution in [3.63, 3.8) is 0 Å². The number of aliphatic carboxylic acids is 1. The minimum Gasteiger partial charge on any atom is -0.490 e. The van der Waals surface area contributed by atoms with E-state index in [0.717, 1.165) is 5.56 Å². The molecule has 1 amide bonds. The van der Waals surface area contributed by atoms with E-state index >= 15 is 0 Å². The number of benzene rings is 2. The van der Waals surface area contributed by atoms with Crippen LogP contribution in [0.25, 0.3) is 0 Å². The summed E-state index contributed by atoms with van der Waals surface area (Å²) in [6.45, 7) is 0.988. The second-order valence-electron chi connectivity index (χ2n) is 5.47. The summed E-state index contributed by atoms with van der Waals surface area (Å²) in [5, 5.41) is 11.2. The van der Waals surface area contributed by atoms with Crippen LogP contribution < -0.4 is 14.8 Å². The van der Waals surface area contributed by atoms with Crippen LogP contribution in [-0.2, 0) is 16.1 Å². The predicted octanol–water partition coefficient (Wildman–Crippen LogP) is 2.76. The Bertz CT molecular complexity index is 716. The predicted molar refractivity (Wildman–Crippen MR) is 92.5 cm³/mol.